The number of carboxylic acids is 1. The maximum atomic E-state index is 12.4. The summed E-state index contributed by atoms with van der Waals surface area (Å²) in [6.07, 6.45) is 0.327. The van der Waals surface area contributed by atoms with Crippen LogP contribution >= 0.6 is 23.5 Å². The summed E-state index contributed by atoms with van der Waals surface area (Å²) in [5, 5.41) is 22.8. The quantitative estimate of drug-likeness (QED) is 0.516. The normalized spacial score (nSPS) is 21.2. The van der Waals surface area contributed by atoms with Gasteiger partial charge in [-0.25, -0.2) is 9.48 Å². The highest BCUT2D eigenvalue weighted by atomic mass is 32.2. The molecule has 0 radical (unpaired) electrons. The van der Waals surface area contributed by atoms with E-state index in [1.807, 2.05) is 0 Å². The molecule has 2 aliphatic heterocycles. The minimum Gasteiger partial charge on any atom is -0.477 e. The number of aliphatic carboxylic acids is 1. The smallest absolute Gasteiger partial charge is 0.354 e. The van der Waals surface area contributed by atoms with Crippen molar-refractivity contribution in [2.24, 2.45) is 7.05 Å². The second kappa shape index (κ2) is 6.43. The third kappa shape index (κ3) is 2.98. The number of hydrogen-bond donors (Lipinski definition) is 2. The van der Waals surface area contributed by atoms with Gasteiger partial charge in [0.1, 0.15) is 0 Å². The predicted molar refractivity (Wildman–Crippen MR) is 84.6 cm³/mol. The summed E-state index contributed by atoms with van der Waals surface area (Å²) < 4.78 is 1.44. The molecule has 2 amide bonds. The van der Waals surface area contributed by atoms with E-state index in [1.54, 1.807) is 14.0 Å². The summed E-state index contributed by atoms with van der Waals surface area (Å²) in [6.45, 7) is 1.67. The van der Waals surface area contributed by atoms with E-state index in [4.69, 9.17) is 0 Å². The summed E-state index contributed by atoms with van der Waals surface area (Å²) in [5.74, 6) is -1.50. The number of carboxylic acid groups (broad SMARTS) is 1. The molecule has 3 rings (SSSR count). The summed E-state index contributed by atoms with van der Waals surface area (Å²) >= 11 is 2.59. The van der Waals surface area contributed by atoms with E-state index in [-0.39, 0.29) is 28.6 Å². The van der Waals surface area contributed by atoms with E-state index in [0.29, 0.717) is 17.3 Å². The number of rotatable bonds is 5. The molecule has 0 aliphatic carbocycles. The molecule has 2 N–H and O–H groups in total. The lowest BCUT2D eigenvalue weighted by Crippen LogP contribution is -2.55. The average molecular weight is 370 g/mol. The molecule has 0 aromatic carbocycles. The minimum absolute atomic E-state index is 0.138. The summed E-state index contributed by atoms with van der Waals surface area (Å²) in [4.78, 5) is 36.8. The van der Waals surface area contributed by atoms with Gasteiger partial charge in [0.25, 0.3) is 0 Å². The molecule has 1 saturated heterocycles. The van der Waals surface area contributed by atoms with Crippen LogP contribution < -0.4 is 5.32 Å². The van der Waals surface area contributed by atoms with Crippen molar-refractivity contribution < 1.29 is 19.5 Å². The van der Waals surface area contributed by atoms with Gasteiger partial charge >= 0.3 is 5.97 Å². The fourth-order valence-corrected chi connectivity index (χ4v) is 4.25. The number of carbonyl (C=O) groups excluding carboxylic acids is 2. The van der Waals surface area contributed by atoms with Gasteiger partial charge < -0.3 is 10.4 Å². The molecule has 1 unspecified atom stereocenters. The number of nitrogens with one attached hydrogen (secondary N) is 1. The zero-order valence-corrected chi connectivity index (χ0v) is 14.4. The molecule has 1 aromatic rings. The van der Waals surface area contributed by atoms with Gasteiger partial charge in [0.05, 0.1) is 22.7 Å². The number of amides is 2. The predicted octanol–water partition coefficient (Wildman–Crippen LogP) is -0.592. The van der Waals surface area contributed by atoms with Crippen molar-refractivity contribution in [3.8, 4) is 0 Å². The first-order chi connectivity index (χ1) is 11.4. The zero-order chi connectivity index (χ0) is 17.4. The number of thioether (sulfide) groups is 2. The number of aryl methyl sites for hydroxylation is 1. The van der Waals surface area contributed by atoms with E-state index in [2.05, 4.69) is 20.8 Å². The van der Waals surface area contributed by atoms with Crippen LogP contribution in [0, 0.1) is 0 Å². The Morgan fingerprint density at radius 2 is 2.25 bits per heavy atom. The van der Waals surface area contributed by atoms with E-state index >= 15 is 0 Å². The van der Waals surface area contributed by atoms with E-state index in [0.717, 1.165) is 11.8 Å². The van der Waals surface area contributed by atoms with Crippen LogP contribution in [0.1, 0.15) is 13.3 Å². The van der Waals surface area contributed by atoms with Crippen molar-refractivity contribution in [1.29, 1.82) is 0 Å². The molecule has 0 spiro atoms. The van der Waals surface area contributed by atoms with Gasteiger partial charge in [-0.2, -0.15) is 0 Å². The second-order valence-corrected chi connectivity index (χ2v) is 7.67. The molecule has 0 saturated carbocycles. The Morgan fingerprint density at radius 3 is 2.83 bits per heavy atom. The lowest BCUT2D eigenvalue weighted by molar-refractivity contribution is -0.146. The SMILES string of the molecule is CC(Sc1nnnn1C)C(=O)NC1=C(C(=O)O)N2C(=O)C[C@@H]2SC1. The average Bonchev–Trinajstić information content (AvgIpc) is 2.92. The fraction of sp³-hybridized carbons (Fsp3) is 0.500. The highest BCUT2D eigenvalue weighted by Gasteiger charge is 2.45. The van der Waals surface area contributed by atoms with Gasteiger partial charge in [0.2, 0.25) is 17.0 Å². The largest absolute Gasteiger partial charge is 0.477 e. The Kier molecular flexibility index (Phi) is 4.49. The molecule has 10 nitrogen and oxygen atoms in total. The number of hydrogen-bond acceptors (Lipinski definition) is 8. The van der Waals surface area contributed by atoms with Crippen LogP contribution in [0.5, 0.6) is 0 Å². The van der Waals surface area contributed by atoms with Crippen molar-refractivity contribution in [3.63, 3.8) is 0 Å². The van der Waals surface area contributed by atoms with Crippen LogP contribution in [0.2, 0.25) is 0 Å². The molecule has 2 aliphatic rings. The molecule has 1 fully saturated rings. The van der Waals surface area contributed by atoms with Crippen LogP contribution in [0.4, 0.5) is 0 Å². The summed E-state index contributed by atoms with van der Waals surface area (Å²) in [6, 6.07) is 0. The number of β-lactam (4-membered cyclic amide) rings is 1. The van der Waals surface area contributed by atoms with Gasteiger partial charge in [-0.1, -0.05) is 11.8 Å². The van der Waals surface area contributed by atoms with Crippen LogP contribution in [-0.2, 0) is 21.4 Å². The number of carbonyl (C=O) groups is 3. The van der Waals surface area contributed by atoms with Crippen molar-refractivity contribution in [2.75, 3.05) is 5.75 Å². The number of nitrogens with zero attached hydrogens (tertiary/aromatic N) is 5. The summed E-state index contributed by atoms with van der Waals surface area (Å²) in [7, 11) is 1.66. The maximum Gasteiger partial charge on any atom is 0.354 e. The van der Waals surface area contributed by atoms with E-state index < -0.39 is 11.2 Å². The van der Waals surface area contributed by atoms with Crippen molar-refractivity contribution in [1.82, 2.24) is 30.4 Å². The third-order valence-electron chi connectivity index (χ3n) is 3.56. The monoisotopic (exact) mass is 370 g/mol. The number of aromatic nitrogens is 4. The van der Waals surface area contributed by atoms with E-state index in [9.17, 15) is 19.5 Å². The molecule has 1 aromatic heterocycles. The van der Waals surface area contributed by atoms with Gasteiger partial charge in [-0.3, -0.25) is 14.5 Å². The number of tetrazole rings is 1. The first-order valence-corrected chi connectivity index (χ1v) is 8.91. The fourth-order valence-electron chi connectivity index (χ4n) is 2.29. The Labute approximate surface area is 145 Å². The molecule has 24 heavy (non-hydrogen) atoms. The standard InChI is InChI=1S/C12H14N6O4S2/c1-5(24-12-14-15-16-17(12)2)10(20)13-6-4-23-8-3-7(19)18(8)9(6)11(21)22/h5,8H,3-4H2,1-2H3,(H,13,20)(H,21,22)/t5?,8-/m0/s1. The Hall–Kier alpha value is -2.08. The van der Waals surface area contributed by atoms with Crippen molar-refractivity contribution >= 4 is 41.3 Å². The van der Waals surface area contributed by atoms with Gasteiger partial charge in [0.15, 0.2) is 5.70 Å². The van der Waals surface area contributed by atoms with Gasteiger partial charge in [-0.05, 0) is 17.4 Å². The maximum absolute atomic E-state index is 12.4. The molecule has 128 valence electrons. The second-order valence-electron chi connectivity index (χ2n) is 5.20. The first-order valence-electron chi connectivity index (χ1n) is 6.98. The van der Waals surface area contributed by atoms with Crippen molar-refractivity contribution in [2.45, 2.75) is 29.1 Å². The van der Waals surface area contributed by atoms with Crippen LogP contribution in [-0.4, -0.2) is 64.4 Å². The van der Waals surface area contributed by atoms with Crippen LogP contribution in [0.3, 0.4) is 0 Å². The Morgan fingerprint density at radius 1 is 1.50 bits per heavy atom. The lowest BCUT2D eigenvalue weighted by Gasteiger charge is -2.43. The van der Waals surface area contributed by atoms with Gasteiger partial charge in [0, 0.05) is 12.8 Å². The lowest BCUT2D eigenvalue weighted by atomic mass is 10.1. The van der Waals surface area contributed by atoms with Gasteiger partial charge in [-0.15, -0.1) is 16.9 Å². The summed E-state index contributed by atoms with van der Waals surface area (Å²) in [5.41, 5.74) is 0.103. The molecular formula is C12H14N6O4S2. The van der Waals surface area contributed by atoms with Crippen LogP contribution in [0.25, 0.3) is 0 Å². The highest BCUT2D eigenvalue weighted by molar-refractivity contribution is 8.00. The van der Waals surface area contributed by atoms with E-state index in [1.165, 1.54) is 21.3 Å². The first kappa shape index (κ1) is 16.8. The topological polar surface area (TPSA) is 130 Å². The Bertz CT molecular complexity index is 748. The molecule has 0 bridgehead atoms. The Balaban J connectivity index is 1.74. The highest BCUT2D eigenvalue weighted by Crippen LogP contribution is 2.39. The van der Waals surface area contributed by atoms with Crippen molar-refractivity contribution in [3.05, 3.63) is 11.4 Å². The zero-order valence-electron chi connectivity index (χ0n) is 12.8. The van der Waals surface area contributed by atoms with Crippen LogP contribution in [0.15, 0.2) is 16.6 Å². The molecule has 12 heteroatoms. The molecule has 3 heterocycles. The third-order valence-corrected chi connectivity index (χ3v) is 5.90. The number of fused-ring (bicyclic) bond motifs is 1. The molecule has 2 atom stereocenters. The minimum atomic E-state index is -1.22. The molecular weight excluding hydrogens is 356 g/mol.